The summed E-state index contributed by atoms with van der Waals surface area (Å²) in [6, 6.07) is -0.0710. The van der Waals surface area contributed by atoms with Crippen molar-refractivity contribution in [3.05, 3.63) is 33.6 Å². The van der Waals surface area contributed by atoms with Crippen LogP contribution < -0.4 is 0 Å². The van der Waals surface area contributed by atoms with Gasteiger partial charge in [-0.2, -0.15) is 4.98 Å². The van der Waals surface area contributed by atoms with Crippen molar-refractivity contribution in [2.45, 2.75) is 45.6 Å². The molecule has 0 spiro atoms. The molecule has 1 saturated heterocycles. The maximum atomic E-state index is 12.9. The predicted octanol–water partition coefficient (Wildman–Crippen LogP) is 3.51. The largest absolute Gasteiger partial charge is 0.343 e. The highest BCUT2D eigenvalue weighted by Crippen LogP contribution is 2.31. The lowest BCUT2D eigenvalue weighted by Crippen LogP contribution is -2.35. The van der Waals surface area contributed by atoms with Crippen LogP contribution in [0.3, 0.4) is 0 Å². The van der Waals surface area contributed by atoms with Crippen molar-refractivity contribution in [1.29, 1.82) is 0 Å². The van der Waals surface area contributed by atoms with E-state index in [9.17, 15) is 4.79 Å². The van der Waals surface area contributed by atoms with Gasteiger partial charge in [-0.3, -0.25) is 4.79 Å². The number of nitrogens with zero attached hydrogens (tertiary/aromatic N) is 3. The molecule has 0 bridgehead atoms. The molecule has 112 valence electrons. The second kappa shape index (κ2) is 5.97. The van der Waals surface area contributed by atoms with Gasteiger partial charge in [-0.25, -0.2) is 0 Å². The number of carbonyl (C=O) groups excluding carboxylic acids is 1. The third-order valence-corrected chi connectivity index (χ3v) is 5.22. The third kappa shape index (κ3) is 2.72. The van der Waals surface area contributed by atoms with Gasteiger partial charge in [0.15, 0.2) is 5.82 Å². The van der Waals surface area contributed by atoms with Gasteiger partial charge < -0.3 is 9.42 Å². The van der Waals surface area contributed by atoms with Crippen molar-refractivity contribution in [3.8, 4) is 0 Å². The van der Waals surface area contributed by atoms with Crippen LogP contribution in [0.15, 0.2) is 16.3 Å². The van der Waals surface area contributed by atoms with Gasteiger partial charge in [-0.15, -0.1) is 11.3 Å². The standard InChI is InChI=1S/C15H19N3O2S/c1-10-11(2)21-8-12(10)15(19)18-7-5-3-4-6-13(18)14-16-9-20-17-14/h8-9,13H,3-7H2,1-2H3/t13-/m1/s1. The van der Waals surface area contributed by atoms with Gasteiger partial charge in [0, 0.05) is 16.8 Å². The Bertz CT molecular complexity index is 621. The van der Waals surface area contributed by atoms with E-state index in [2.05, 4.69) is 17.1 Å². The summed E-state index contributed by atoms with van der Waals surface area (Å²) >= 11 is 1.63. The molecule has 3 heterocycles. The molecular weight excluding hydrogens is 286 g/mol. The molecule has 0 aromatic carbocycles. The average Bonchev–Trinajstić information content (AvgIpc) is 3.04. The van der Waals surface area contributed by atoms with Crippen LogP contribution in [-0.2, 0) is 0 Å². The summed E-state index contributed by atoms with van der Waals surface area (Å²) in [6.07, 6.45) is 5.49. The molecule has 5 nitrogen and oxygen atoms in total. The average molecular weight is 305 g/mol. The fraction of sp³-hybridized carbons (Fsp3) is 0.533. The van der Waals surface area contributed by atoms with Crippen LogP contribution in [0, 0.1) is 13.8 Å². The van der Waals surface area contributed by atoms with E-state index in [-0.39, 0.29) is 11.9 Å². The fourth-order valence-corrected chi connectivity index (χ4v) is 3.68. The number of carbonyl (C=O) groups is 1. The lowest BCUT2D eigenvalue weighted by atomic mass is 10.1. The summed E-state index contributed by atoms with van der Waals surface area (Å²) < 4.78 is 4.87. The van der Waals surface area contributed by atoms with E-state index in [1.807, 2.05) is 17.2 Å². The highest BCUT2D eigenvalue weighted by Gasteiger charge is 2.31. The maximum absolute atomic E-state index is 12.9. The summed E-state index contributed by atoms with van der Waals surface area (Å²) in [5.74, 6) is 0.711. The van der Waals surface area contributed by atoms with Crippen molar-refractivity contribution in [2.75, 3.05) is 6.54 Å². The minimum Gasteiger partial charge on any atom is -0.343 e. The van der Waals surface area contributed by atoms with Crippen LogP contribution in [0.2, 0.25) is 0 Å². The Kier molecular flexibility index (Phi) is 4.05. The first-order chi connectivity index (χ1) is 10.2. The first-order valence-electron chi connectivity index (χ1n) is 7.30. The van der Waals surface area contributed by atoms with Crippen molar-refractivity contribution >= 4 is 17.2 Å². The first kappa shape index (κ1) is 14.3. The third-order valence-electron chi connectivity index (χ3n) is 4.21. The molecule has 1 aliphatic heterocycles. The fourth-order valence-electron chi connectivity index (χ4n) is 2.82. The Morgan fingerprint density at radius 3 is 2.90 bits per heavy atom. The zero-order chi connectivity index (χ0) is 14.8. The van der Waals surface area contributed by atoms with Crippen LogP contribution >= 0.6 is 11.3 Å². The molecule has 1 aliphatic rings. The van der Waals surface area contributed by atoms with Crippen molar-refractivity contribution in [1.82, 2.24) is 15.0 Å². The number of thiophene rings is 1. The summed E-state index contributed by atoms with van der Waals surface area (Å²) in [5.41, 5.74) is 1.90. The lowest BCUT2D eigenvalue weighted by molar-refractivity contribution is 0.0670. The lowest BCUT2D eigenvalue weighted by Gasteiger charge is -2.27. The molecule has 1 amide bonds. The number of likely N-dealkylation sites (tertiary alicyclic amines) is 1. The monoisotopic (exact) mass is 305 g/mol. The normalized spacial score (nSPS) is 19.5. The van der Waals surface area contributed by atoms with Gasteiger partial charge in [0.1, 0.15) is 0 Å². The maximum Gasteiger partial charge on any atom is 0.255 e. The molecule has 0 N–H and O–H groups in total. The van der Waals surface area contributed by atoms with E-state index >= 15 is 0 Å². The Morgan fingerprint density at radius 1 is 1.38 bits per heavy atom. The Labute approximate surface area is 128 Å². The number of aryl methyl sites for hydroxylation is 1. The molecule has 1 fully saturated rings. The van der Waals surface area contributed by atoms with Gasteiger partial charge >= 0.3 is 0 Å². The summed E-state index contributed by atoms with van der Waals surface area (Å²) in [7, 11) is 0. The Balaban J connectivity index is 1.92. The smallest absolute Gasteiger partial charge is 0.255 e. The number of aromatic nitrogens is 2. The van der Waals surface area contributed by atoms with Crippen molar-refractivity contribution in [3.63, 3.8) is 0 Å². The molecule has 21 heavy (non-hydrogen) atoms. The topological polar surface area (TPSA) is 59.2 Å². The van der Waals surface area contributed by atoms with Gasteiger partial charge in [0.05, 0.1) is 11.6 Å². The minimum atomic E-state index is -0.0710. The second-order valence-corrected chi connectivity index (χ2v) is 6.57. The molecular formula is C15H19N3O2S. The molecule has 1 atom stereocenters. The molecule has 2 aromatic heterocycles. The van der Waals surface area contributed by atoms with Gasteiger partial charge in [0.2, 0.25) is 6.39 Å². The van der Waals surface area contributed by atoms with Crippen molar-refractivity contribution < 1.29 is 9.32 Å². The van der Waals surface area contributed by atoms with E-state index in [1.165, 1.54) is 11.3 Å². The second-order valence-electron chi connectivity index (χ2n) is 5.48. The molecule has 3 rings (SSSR count). The summed E-state index contributed by atoms with van der Waals surface area (Å²) in [5, 5.41) is 5.92. The molecule has 0 saturated carbocycles. The van der Waals surface area contributed by atoms with E-state index < -0.39 is 0 Å². The highest BCUT2D eigenvalue weighted by molar-refractivity contribution is 7.10. The van der Waals surface area contributed by atoms with E-state index in [0.717, 1.165) is 43.4 Å². The minimum absolute atomic E-state index is 0.0710. The van der Waals surface area contributed by atoms with Crippen LogP contribution in [0.1, 0.15) is 58.3 Å². The quantitative estimate of drug-likeness (QED) is 0.852. The van der Waals surface area contributed by atoms with E-state index in [1.54, 1.807) is 11.3 Å². The molecule has 0 aliphatic carbocycles. The van der Waals surface area contributed by atoms with Gasteiger partial charge in [0.25, 0.3) is 5.91 Å². The number of hydrogen-bond donors (Lipinski definition) is 0. The number of amides is 1. The molecule has 6 heteroatoms. The molecule has 0 unspecified atom stereocenters. The van der Waals surface area contributed by atoms with Crippen LogP contribution in [-0.4, -0.2) is 27.5 Å². The van der Waals surface area contributed by atoms with Crippen LogP contribution in [0.5, 0.6) is 0 Å². The Hall–Kier alpha value is -1.69. The first-order valence-corrected chi connectivity index (χ1v) is 8.18. The van der Waals surface area contributed by atoms with Crippen LogP contribution in [0.25, 0.3) is 0 Å². The zero-order valence-corrected chi connectivity index (χ0v) is 13.2. The van der Waals surface area contributed by atoms with Crippen LogP contribution in [0.4, 0.5) is 0 Å². The number of hydrogen-bond acceptors (Lipinski definition) is 5. The summed E-state index contributed by atoms with van der Waals surface area (Å²) in [6.45, 7) is 4.82. The van der Waals surface area contributed by atoms with Gasteiger partial charge in [-0.1, -0.05) is 18.0 Å². The van der Waals surface area contributed by atoms with E-state index in [0.29, 0.717) is 5.82 Å². The summed E-state index contributed by atoms with van der Waals surface area (Å²) in [4.78, 5) is 20.2. The van der Waals surface area contributed by atoms with Crippen molar-refractivity contribution in [2.24, 2.45) is 0 Å². The molecule has 2 aromatic rings. The molecule has 0 radical (unpaired) electrons. The highest BCUT2D eigenvalue weighted by atomic mass is 32.1. The SMILES string of the molecule is Cc1scc(C(=O)N2CCCCC[C@@H]2c2ncon2)c1C. The van der Waals surface area contributed by atoms with Gasteiger partial charge in [-0.05, 0) is 32.3 Å². The van der Waals surface area contributed by atoms with E-state index in [4.69, 9.17) is 4.52 Å². The predicted molar refractivity (Wildman–Crippen MR) is 80.3 cm³/mol. The zero-order valence-electron chi connectivity index (χ0n) is 12.3. The Morgan fingerprint density at radius 2 is 2.24 bits per heavy atom. The number of rotatable bonds is 2.